The Bertz CT molecular complexity index is 1980. The van der Waals surface area contributed by atoms with E-state index in [0.717, 1.165) is 43.7 Å². The molecule has 6 rings (SSSR count). The van der Waals surface area contributed by atoms with Crippen LogP contribution in [-0.4, -0.2) is 42.1 Å². The summed E-state index contributed by atoms with van der Waals surface area (Å²) in [4.78, 5) is 25.3. The van der Waals surface area contributed by atoms with E-state index in [2.05, 4.69) is 17.6 Å². The Morgan fingerprint density at radius 2 is 1.57 bits per heavy atom. The van der Waals surface area contributed by atoms with Gasteiger partial charge >= 0.3 is 12.0 Å². The lowest BCUT2D eigenvalue weighted by Crippen LogP contribution is -2.47. The number of thioether (sulfide) groups is 1. The van der Waals surface area contributed by atoms with Crippen LogP contribution in [0, 0.1) is 11.1 Å². The van der Waals surface area contributed by atoms with Gasteiger partial charge < -0.3 is 35.2 Å². The van der Waals surface area contributed by atoms with Crippen LogP contribution in [-0.2, 0) is 38.6 Å². The minimum Gasteiger partial charge on any atom is -0.618 e. The summed E-state index contributed by atoms with van der Waals surface area (Å²) in [7, 11) is 1.30. The largest absolute Gasteiger partial charge is 0.618 e. The molecule has 10 nitrogen and oxygen atoms in total. The van der Waals surface area contributed by atoms with Crippen molar-refractivity contribution in [2.24, 2.45) is 5.92 Å². The number of ether oxygens (including phenoxy) is 3. The molecule has 0 unspecified atom stereocenters. The SMILES string of the molecule is COC(=O)[C@H](Cc1ccccc1)NC(=O)NCc1cccc(-c2cccc([C@@H]3O[C@H](CSc4cccc[n+]4[O-])[C@H](C)[C@H](c4ccc(CO)cc4)O3)c2)c1. The van der Waals surface area contributed by atoms with Crippen LogP contribution < -0.4 is 15.4 Å². The van der Waals surface area contributed by atoms with Crippen molar-refractivity contribution in [1.29, 1.82) is 0 Å². The molecule has 0 spiro atoms. The molecule has 0 saturated carbocycles. The van der Waals surface area contributed by atoms with E-state index in [1.165, 1.54) is 25.1 Å². The molecule has 1 saturated heterocycles. The van der Waals surface area contributed by atoms with E-state index in [9.17, 15) is 19.9 Å². The van der Waals surface area contributed by atoms with Crippen molar-refractivity contribution in [2.45, 2.75) is 56.1 Å². The van der Waals surface area contributed by atoms with Crippen LogP contribution in [0.3, 0.4) is 0 Å². The number of nitrogens with zero attached hydrogens (tertiary/aromatic N) is 1. The number of rotatable bonds is 13. The van der Waals surface area contributed by atoms with E-state index < -0.39 is 24.3 Å². The summed E-state index contributed by atoms with van der Waals surface area (Å²) >= 11 is 1.45. The van der Waals surface area contributed by atoms with Gasteiger partial charge in [0.15, 0.2) is 12.5 Å². The fraction of sp³-hybridized carbons (Fsp3) is 0.262. The predicted octanol–water partition coefficient (Wildman–Crippen LogP) is 6.65. The number of aliphatic hydroxyl groups excluding tert-OH is 1. The Kier molecular flexibility index (Phi) is 12.8. The number of aliphatic hydroxyl groups is 1. The number of esters is 1. The monoisotopic (exact) mass is 733 g/mol. The molecule has 0 radical (unpaired) electrons. The van der Waals surface area contributed by atoms with E-state index in [1.54, 1.807) is 12.1 Å². The van der Waals surface area contributed by atoms with Gasteiger partial charge in [-0.05, 0) is 51.6 Å². The number of aromatic nitrogens is 1. The number of benzene rings is 4. The van der Waals surface area contributed by atoms with Crippen molar-refractivity contribution in [3.05, 3.63) is 161 Å². The molecule has 53 heavy (non-hydrogen) atoms. The maximum absolute atomic E-state index is 12.9. The van der Waals surface area contributed by atoms with Gasteiger partial charge in [0.05, 0.1) is 25.9 Å². The van der Waals surface area contributed by atoms with Crippen molar-refractivity contribution in [3.8, 4) is 11.1 Å². The molecule has 0 bridgehead atoms. The predicted molar refractivity (Wildman–Crippen MR) is 202 cm³/mol. The van der Waals surface area contributed by atoms with Gasteiger partial charge in [0.1, 0.15) is 6.04 Å². The van der Waals surface area contributed by atoms with Crippen molar-refractivity contribution in [1.82, 2.24) is 10.6 Å². The van der Waals surface area contributed by atoms with E-state index in [0.29, 0.717) is 17.2 Å². The molecule has 2 heterocycles. The maximum Gasteiger partial charge on any atom is 0.328 e. The third kappa shape index (κ3) is 9.82. The quantitative estimate of drug-likeness (QED) is 0.0531. The molecular formula is C42H43N3O7S. The number of amides is 2. The second-order valence-corrected chi connectivity index (χ2v) is 14.0. The van der Waals surface area contributed by atoms with Crippen LogP contribution in [0.5, 0.6) is 0 Å². The number of pyridine rings is 1. The summed E-state index contributed by atoms with van der Waals surface area (Å²) in [6.45, 7) is 2.30. The molecule has 11 heteroatoms. The molecule has 2 amide bonds. The zero-order valence-electron chi connectivity index (χ0n) is 29.6. The fourth-order valence-corrected chi connectivity index (χ4v) is 7.38. The molecule has 1 fully saturated rings. The van der Waals surface area contributed by atoms with Gasteiger partial charge in [-0.25, -0.2) is 9.59 Å². The summed E-state index contributed by atoms with van der Waals surface area (Å²) in [5.74, 6) is -0.00428. The maximum atomic E-state index is 12.9. The first-order valence-electron chi connectivity index (χ1n) is 17.5. The summed E-state index contributed by atoms with van der Waals surface area (Å²) in [6, 6.07) is 37.1. The molecule has 4 aromatic carbocycles. The molecule has 1 aliphatic heterocycles. The van der Waals surface area contributed by atoms with E-state index in [4.69, 9.17) is 14.2 Å². The Morgan fingerprint density at radius 1 is 0.849 bits per heavy atom. The van der Waals surface area contributed by atoms with Gasteiger partial charge in [0, 0.05) is 42.3 Å². The highest BCUT2D eigenvalue weighted by molar-refractivity contribution is 7.99. The van der Waals surface area contributed by atoms with Crippen LogP contribution in [0.4, 0.5) is 4.79 Å². The van der Waals surface area contributed by atoms with E-state index in [-0.39, 0.29) is 31.3 Å². The van der Waals surface area contributed by atoms with Gasteiger partial charge in [0.2, 0.25) is 0 Å². The molecule has 5 atom stereocenters. The zero-order valence-corrected chi connectivity index (χ0v) is 30.4. The average Bonchev–Trinajstić information content (AvgIpc) is 3.20. The van der Waals surface area contributed by atoms with Crippen LogP contribution in [0.25, 0.3) is 11.1 Å². The highest BCUT2D eigenvalue weighted by atomic mass is 32.2. The highest BCUT2D eigenvalue weighted by Crippen LogP contribution is 2.43. The lowest BCUT2D eigenvalue weighted by Gasteiger charge is -2.41. The molecular weight excluding hydrogens is 691 g/mol. The standard InChI is InChI=1S/C42H43N3O7S/c1-28-37(27-53-38-16-6-7-21-45(38)49)51-41(52-39(28)32-19-17-30(26-46)18-20-32)35-15-9-14-34(24-35)33-13-8-12-31(22-33)25-43-42(48)44-36(40(47)50-2)23-29-10-4-3-5-11-29/h3-22,24,28,36-37,39,41,46H,23,25-27H2,1-2H3,(H2,43,44,48)/t28-,36-,37+,39+,41+/m0/s1. The number of carbonyl (C=O) groups excluding carboxylic acids is 2. The molecule has 274 valence electrons. The summed E-state index contributed by atoms with van der Waals surface area (Å²) < 4.78 is 19.1. The highest BCUT2D eigenvalue weighted by Gasteiger charge is 2.39. The summed E-state index contributed by atoms with van der Waals surface area (Å²) in [5, 5.41) is 28.2. The van der Waals surface area contributed by atoms with Gasteiger partial charge in [-0.15, -0.1) is 0 Å². The smallest absolute Gasteiger partial charge is 0.328 e. The van der Waals surface area contributed by atoms with Crippen molar-refractivity contribution in [3.63, 3.8) is 0 Å². The lowest BCUT2D eigenvalue weighted by molar-refractivity contribution is -0.645. The van der Waals surface area contributed by atoms with Gasteiger partial charge in [0.25, 0.3) is 5.03 Å². The number of urea groups is 1. The normalized spacial score (nSPS) is 18.8. The van der Waals surface area contributed by atoms with Crippen molar-refractivity contribution >= 4 is 23.8 Å². The van der Waals surface area contributed by atoms with Gasteiger partial charge in [-0.2, -0.15) is 4.73 Å². The minimum atomic E-state index is -0.831. The number of methoxy groups -OCH3 is 1. The molecule has 5 aromatic rings. The first-order chi connectivity index (χ1) is 25.8. The molecule has 0 aliphatic carbocycles. The number of hydrogen-bond donors (Lipinski definition) is 3. The van der Waals surface area contributed by atoms with Gasteiger partial charge in [-0.1, -0.05) is 110 Å². The van der Waals surface area contributed by atoms with Crippen LogP contribution >= 0.6 is 11.8 Å². The first-order valence-corrected chi connectivity index (χ1v) is 18.5. The second kappa shape index (κ2) is 18.0. The zero-order chi connectivity index (χ0) is 37.2. The fourth-order valence-electron chi connectivity index (χ4n) is 6.30. The molecule has 3 N–H and O–H groups in total. The van der Waals surface area contributed by atoms with E-state index >= 15 is 0 Å². The van der Waals surface area contributed by atoms with Crippen LogP contribution in [0.15, 0.2) is 133 Å². The third-order valence-corrected chi connectivity index (χ3v) is 10.4. The van der Waals surface area contributed by atoms with Crippen molar-refractivity contribution in [2.75, 3.05) is 12.9 Å². The first kappa shape index (κ1) is 37.6. The van der Waals surface area contributed by atoms with E-state index in [1.807, 2.05) is 109 Å². The third-order valence-electron chi connectivity index (χ3n) is 9.25. The Labute approximate surface area is 313 Å². The number of nitrogens with one attached hydrogen (secondary N) is 2. The minimum absolute atomic E-state index is 0.0339. The van der Waals surface area contributed by atoms with Crippen LogP contribution in [0.2, 0.25) is 0 Å². The number of hydrogen-bond acceptors (Lipinski definition) is 8. The topological polar surface area (TPSA) is 133 Å². The molecule has 1 aliphatic rings. The average molecular weight is 734 g/mol. The lowest BCUT2D eigenvalue weighted by atomic mass is 9.91. The Hall–Kier alpha value is -5.20. The summed E-state index contributed by atoms with van der Waals surface area (Å²) in [5.41, 5.74) is 6.31. The Morgan fingerprint density at radius 3 is 2.30 bits per heavy atom. The Balaban J connectivity index is 1.16. The number of carbonyl (C=O) groups is 2. The summed E-state index contributed by atoms with van der Waals surface area (Å²) in [6.07, 6.45) is 0.588. The second-order valence-electron chi connectivity index (χ2n) is 12.9. The van der Waals surface area contributed by atoms with Crippen LogP contribution in [0.1, 0.15) is 47.1 Å². The molecule has 1 aromatic heterocycles. The van der Waals surface area contributed by atoms with Crippen molar-refractivity contribution < 1.29 is 33.6 Å². The van der Waals surface area contributed by atoms with Gasteiger partial charge in [-0.3, -0.25) is 0 Å².